The Kier molecular flexibility index (Phi) is 15.3. The van der Waals surface area contributed by atoms with E-state index in [1.165, 1.54) is 12.5 Å². The number of phenols is 1. The van der Waals surface area contributed by atoms with Gasteiger partial charge in [-0.15, -0.1) is 0 Å². The Morgan fingerprint density at radius 2 is 1.61 bits per heavy atom. The summed E-state index contributed by atoms with van der Waals surface area (Å²) < 4.78 is 17.4. The molecule has 7 nitrogen and oxygen atoms in total. The number of Topliss-reactive ketones (excluding diaryl/α,β-unsaturated/α-hetero) is 1. The number of aliphatic carboxylic acids is 1. The summed E-state index contributed by atoms with van der Waals surface area (Å²) in [5.41, 5.74) is 3.02. The Balaban J connectivity index is 0.00000441. The van der Waals surface area contributed by atoms with Gasteiger partial charge in [0.25, 0.3) is 0 Å². The molecule has 0 aliphatic carbocycles. The topological polar surface area (TPSA) is 102 Å². The Morgan fingerprint density at radius 1 is 0.927 bits per heavy atom. The summed E-state index contributed by atoms with van der Waals surface area (Å²) in [6.45, 7) is 3.90. The minimum Gasteiger partial charge on any atom is -1.00 e. The third-order valence-corrected chi connectivity index (χ3v) is 6.69. The predicted octanol–water partition coefficient (Wildman–Crippen LogP) is 4.33. The van der Waals surface area contributed by atoms with Crippen molar-refractivity contribution in [1.82, 2.24) is 0 Å². The Morgan fingerprint density at radius 3 is 2.24 bits per heavy atom. The molecule has 3 aromatic carbocycles. The van der Waals surface area contributed by atoms with Crippen molar-refractivity contribution in [3.8, 4) is 17.2 Å². The zero-order valence-electron chi connectivity index (χ0n) is 25.0. The number of carbonyl (C=O) groups is 2. The standard InChI is InChI=1S/C32H37ClO7.Na.H/c1-3-6-28-30(18-17-27(22(2)34)32(28)37)39-20-5-19-38-26-15-11-24(12-16-26)29(40-21-31(35)36)8-4-7-23-9-13-25(33)14-10-23;;/h9-18,29,37H,3-8,19-21H2,1-2H3,(H,35,36);;/q;+1;-1. The van der Waals surface area contributed by atoms with Crippen molar-refractivity contribution in [3.05, 3.63) is 87.9 Å². The fourth-order valence-electron chi connectivity index (χ4n) is 4.40. The molecule has 0 fully saturated rings. The molecule has 0 aliphatic rings. The third-order valence-electron chi connectivity index (χ3n) is 6.44. The molecular weight excluding hydrogens is 555 g/mol. The molecule has 1 atom stereocenters. The molecule has 216 valence electrons. The number of ketones is 1. The average Bonchev–Trinajstić information content (AvgIpc) is 2.93. The summed E-state index contributed by atoms with van der Waals surface area (Å²) in [7, 11) is 0. The number of carboxylic acid groups (broad SMARTS) is 1. The van der Waals surface area contributed by atoms with E-state index in [1.54, 1.807) is 12.1 Å². The van der Waals surface area contributed by atoms with Crippen LogP contribution in [0.5, 0.6) is 17.2 Å². The first-order valence-electron chi connectivity index (χ1n) is 13.6. The fourth-order valence-corrected chi connectivity index (χ4v) is 4.53. The zero-order chi connectivity index (χ0) is 28.9. The normalized spacial score (nSPS) is 11.4. The van der Waals surface area contributed by atoms with Crippen molar-refractivity contribution < 1.29 is 65.0 Å². The van der Waals surface area contributed by atoms with Crippen molar-refractivity contribution in [3.63, 3.8) is 0 Å². The Hall–Kier alpha value is -2.55. The number of carboxylic acids is 1. The van der Waals surface area contributed by atoms with Gasteiger partial charge in [-0.2, -0.15) is 0 Å². The van der Waals surface area contributed by atoms with Crippen LogP contribution in [0.15, 0.2) is 60.7 Å². The number of halogens is 1. The summed E-state index contributed by atoms with van der Waals surface area (Å²) in [4.78, 5) is 22.8. The second-order valence-corrected chi connectivity index (χ2v) is 10.0. The molecule has 3 rings (SSSR count). The van der Waals surface area contributed by atoms with E-state index in [9.17, 15) is 14.7 Å². The molecule has 0 aliphatic heterocycles. The first-order valence-corrected chi connectivity index (χ1v) is 14.0. The molecule has 0 radical (unpaired) electrons. The maximum Gasteiger partial charge on any atom is 1.00 e. The van der Waals surface area contributed by atoms with Crippen LogP contribution in [0.2, 0.25) is 5.02 Å². The van der Waals surface area contributed by atoms with Crippen molar-refractivity contribution in [1.29, 1.82) is 0 Å². The zero-order valence-corrected chi connectivity index (χ0v) is 26.8. The Labute approximate surface area is 270 Å². The summed E-state index contributed by atoms with van der Waals surface area (Å²) in [6.07, 6.45) is 4.06. The van der Waals surface area contributed by atoms with Gasteiger partial charge in [0.1, 0.15) is 23.9 Å². The molecule has 3 aromatic rings. The van der Waals surface area contributed by atoms with Crippen LogP contribution < -0.4 is 39.0 Å². The first kappa shape index (κ1) is 34.7. The van der Waals surface area contributed by atoms with Gasteiger partial charge in [-0.25, -0.2) is 4.79 Å². The van der Waals surface area contributed by atoms with Crippen LogP contribution in [0.1, 0.15) is 74.1 Å². The molecule has 0 saturated heterocycles. The molecule has 0 saturated carbocycles. The number of hydrogen-bond donors (Lipinski definition) is 2. The van der Waals surface area contributed by atoms with E-state index < -0.39 is 5.97 Å². The molecule has 0 amide bonds. The second-order valence-electron chi connectivity index (χ2n) is 9.58. The van der Waals surface area contributed by atoms with Crippen molar-refractivity contribution in [2.75, 3.05) is 19.8 Å². The average molecular weight is 593 g/mol. The van der Waals surface area contributed by atoms with Crippen molar-refractivity contribution in [2.45, 2.75) is 58.5 Å². The quantitative estimate of drug-likeness (QED) is 0.137. The van der Waals surface area contributed by atoms with Gasteiger partial charge < -0.3 is 25.9 Å². The van der Waals surface area contributed by atoms with Crippen molar-refractivity contribution in [2.24, 2.45) is 0 Å². The van der Waals surface area contributed by atoms with Gasteiger partial charge in [-0.1, -0.05) is 49.2 Å². The number of aromatic hydroxyl groups is 1. The number of benzene rings is 3. The fraction of sp³-hybridized carbons (Fsp3) is 0.375. The van der Waals surface area contributed by atoms with E-state index in [0.29, 0.717) is 60.1 Å². The van der Waals surface area contributed by atoms with Gasteiger partial charge in [-0.3, -0.25) is 4.79 Å². The van der Waals surface area contributed by atoms with Gasteiger partial charge >= 0.3 is 35.5 Å². The third kappa shape index (κ3) is 11.3. The monoisotopic (exact) mass is 592 g/mol. The maximum atomic E-state index is 11.7. The molecule has 9 heteroatoms. The number of carbonyl (C=O) groups excluding carboxylic acids is 1. The molecule has 0 bridgehead atoms. The van der Waals surface area contributed by atoms with E-state index in [4.69, 9.17) is 30.9 Å². The largest absolute Gasteiger partial charge is 1.00 e. The number of hydrogen-bond acceptors (Lipinski definition) is 6. The van der Waals surface area contributed by atoms with E-state index >= 15 is 0 Å². The smallest absolute Gasteiger partial charge is 1.00 e. The van der Waals surface area contributed by atoms with E-state index in [2.05, 4.69) is 0 Å². The number of rotatable bonds is 17. The molecule has 0 spiro atoms. The van der Waals surface area contributed by atoms with Crippen LogP contribution in [0.3, 0.4) is 0 Å². The van der Waals surface area contributed by atoms with Crippen LogP contribution in [-0.4, -0.2) is 41.8 Å². The number of phenolic OH excluding ortho intramolecular Hbond substituents is 1. The summed E-state index contributed by atoms with van der Waals surface area (Å²) >= 11 is 5.96. The summed E-state index contributed by atoms with van der Waals surface area (Å²) in [5.74, 6) is 0.0863. The van der Waals surface area contributed by atoms with Crippen LogP contribution in [0.4, 0.5) is 0 Å². The van der Waals surface area contributed by atoms with Gasteiger partial charge in [0.2, 0.25) is 0 Å². The van der Waals surface area contributed by atoms with E-state index in [-0.39, 0.29) is 55.2 Å². The summed E-state index contributed by atoms with van der Waals surface area (Å²) in [6, 6.07) is 18.5. The molecule has 2 N–H and O–H groups in total. The summed E-state index contributed by atoms with van der Waals surface area (Å²) in [5, 5.41) is 20.3. The minimum atomic E-state index is -1.00. The van der Waals surface area contributed by atoms with Crippen LogP contribution in [0.25, 0.3) is 0 Å². The number of ether oxygens (including phenoxy) is 3. The second kappa shape index (κ2) is 18.1. The van der Waals surface area contributed by atoms with Crippen LogP contribution in [-0.2, 0) is 22.4 Å². The van der Waals surface area contributed by atoms with Crippen LogP contribution >= 0.6 is 11.6 Å². The minimum absolute atomic E-state index is 0. The predicted molar refractivity (Wildman–Crippen MR) is 156 cm³/mol. The van der Waals surface area contributed by atoms with Gasteiger partial charge in [0.15, 0.2) is 5.78 Å². The first-order chi connectivity index (χ1) is 19.3. The van der Waals surface area contributed by atoms with Gasteiger partial charge in [0, 0.05) is 17.0 Å². The molecular formula is C32H38ClNaO7. The maximum absolute atomic E-state index is 11.7. The Bertz CT molecular complexity index is 1250. The molecule has 41 heavy (non-hydrogen) atoms. The van der Waals surface area contributed by atoms with Gasteiger partial charge in [0.05, 0.1) is 24.9 Å². The molecule has 0 heterocycles. The number of aryl methyl sites for hydroxylation is 1. The SMILES string of the molecule is CCCc1c(OCCCOc2ccc(C(CCCc3ccc(Cl)cc3)OCC(=O)O)cc2)ccc(C(C)=O)c1O.[H-].[Na+]. The van der Waals surface area contributed by atoms with Crippen molar-refractivity contribution >= 4 is 23.4 Å². The van der Waals surface area contributed by atoms with Gasteiger partial charge in [-0.05, 0) is 80.1 Å². The van der Waals surface area contributed by atoms with E-state index in [0.717, 1.165) is 24.8 Å². The van der Waals surface area contributed by atoms with E-state index in [1.807, 2.05) is 55.5 Å². The molecule has 0 aromatic heterocycles. The van der Waals surface area contributed by atoms with Crippen LogP contribution in [0, 0.1) is 0 Å². The molecule has 1 unspecified atom stereocenters.